The monoisotopic (exact) mass is 235 g/mol. The van der Waals surface area contributed by atoms with E-state index in [9.17, 15) is 0 Å². The Hall–Kier alpha value is -1.58. The molecule has 1 rings (SSSR count). The highest BCUT2D eigenvalue weighted by molar-refractivity contribution is 5.31. The molecule has 0 saturated carbocycles. The average molecular weight is 235 g/mol. The van der Waals surface area contributed by atoms with E-state index < -0.39 is 0 Å². The van der Waals surface area contributed by atoms with Gasteiger partial charge in [0.15, 0.2) is 0 Å². The predicted molar refractivity (Wildman–Crippen MR) is 70.5 cm³/mol. The van der Waals surface area contributed by atoms with E-state index in [0.717, 1.165) is 18.7 Å². The van der Waals surface area contributed by atoms with Crippen molar-refractivity contribution >= 4 is 5.95 Å². The maximum Gasteiger partial charge on any atom is 0.226 e. The van der Waals surface area contributed by atoms with E-state index in [1.54, 1.807) is 0 Å². The zero-order chi connectivity index (χ0) is 12.7. The fourth-order valence-corrected chi connectivity index (χ4v) is 1.25. The third-order valence-corrected chi connectivity index (χ3v) is 2.06. The molecule has 0 bridgehead atoms. The summed E-state index contributed by atoms with van der Waals surface area (Å²) >= 11 is 0. The van der Waals surface area contributed by atoms with Crippen molar-refractivity contribution in [2.24, 2.45) is 0 Å². The molecule has 0 spiro atoms. The Kier molecular flexibility index (Phi) is 5.46. The molecule has 0 aliphatic carbocycles. The quantitative estimate of drug-likeness (QED) is 0.770. The van der Waals surface area contributed by atoms with Crippen molar-refractivity contribution in [3.8, 4) is 5.88 Å². The highest BCUT2D eigenvalue weighted by Crippen LogP contribution is 2.12. The summed E-state index contributed by atoms with van der Waals surface area (Å²) in [4.78, 5) is 8.60. The van der Waals surface area contributed by atoms with Gasteiger partial charge in [0.05, 0.1) is 6.61 Å². The van der Waals surface area contributed by atoms with Gasteiger partial charge in [-0.2, -0.15) is 4.98 Å². The van der Waals surface area contributed by atoms with E-state index in [1.165, 1.54) is 5.57 Å². The fourth-order valence-electron chi connectivity index (χ4n) is 1.25. The Morgan fingerprint density at radius 3 is 2.82 bits per heavy atom. The second kappa shape index (κ2) is 6.89. The van der Waals surface area contributed by atoms with Gasteiger partial charge in [-0.15, -0.1) is 0 Å². The molecule has 1 N–H and O–H groups in total. The highest BCUT2D eigenvalue weighted by Gasteiger charge is 2.01. The van der Waals surface area contributed by atoms with Gasteiger partial charge in [0, 0.05) is 18.3 Å². The van der Waals surface area contributed by atoms with Crippen LogP contribution >= 0.6 is 0 Å². The maximum atomic E-state index is 5.50. The van der Waals surface area contributed by atoms with Crippen LogP contribution < -0.4 is 10.1 Å². The first-order chi connectivity index (χ1) is 8.11. The molecule has 1 aromatic heterocycles. The summed E-state index contributed by atoms with van der Waals surface area (Å²) in [6, 6.07) is 1.85. The van der Waals surface area contributed by atoms with Crippen LogP contribution in [0.3, 0.4) is 0 Å². The highest BCUT2D eigenvalue weighted by atomic mass is 16.5. The minimum atomic E-state index is 0.619. The van der Waals surface area contributed by atoms with Crippen molar-refractivity contribution in [2.75, 3.05) is 18.5 Å². The molecule has 0 radical (unpaired) electrons. The minimum Gasteiger partial charge on any atom is -0.478 e. The van der Waals surface area contributed by atoms with Crippen molar-refractivity contribution in [1.29, 1.82) is 0 Å². The number of nitrogens with zero attached hydrogens (tertiary/aromatic N) is 2. The zero-order valence-electron chi connectivity index (χ0n) is 11.1. The van der Waals surface area contributed by atoms with E-state index in [2.05, 4.69) is 42.1 Å². The number of ether oxygens (including phenoxy) is 1. The van der Waals surface area contributed by atoms with Gasteiger partial charge >= 0.3 is 0 Å². The number of aryl methyl sites for hydroxylation is 1. The molecule has 0 fully saturated rings. The van der Waals surface area contributed by atoms with Gasteiger partial charge in [-0.25, -0.2) is 4.98 Å². The number of aromatic nitrogens is 2. The molecule has 0 aliphatic heterocycles. The summed E-state index contributed by atoms with van der Waals surface area (Å²) in [6.07, 6.45) is 3.07. The van der Waals surface area contributed by atoms with Crippen molar-refractivity contribution < 1.29 is 4.74 Å². The van der Waals surface area contributed by atoms with Gasteiger partial charge in [-0.1, -0.05) is 18.6 Å². The molecule has 0 atom stereocenters. The van der Waals surface area contributed by atoms with E-state index >= 15 is 0 Å². The van der Waals surface area contributed by atoms with Crippen LogP contribution in [0.4, 0.5) is 5.95 Å². The Labute approximate surface area is 103 Å². The molecule has 4 heteroatoms. The number of rotatable bonds is 6. The minimum absolute atomic E-state index is 0.619. The smallest absolute Gasteiger partial charge is 0.226 e. The van der Waals surface area contributed by atoms with Crippen molar-refractivity contribution in [3.05, 3.63) is 23.4 Å². The third kappa shape index (κ3) is 5.33. The molecule has 0 aromatic carbocycles. The number of hydrogen-bond donors (Lipinski definition) is 1. The molecule has 0 amide bonds. The normalized spacial score (nSPS) is 9.88. The van der Waals surface area contributed by atoms with Gasteiger partial charge in [0.25, 0.3) is 0 Å². The number of anilines is 1. The Morgan fingerprint density at radius 1 is 1.41 bits per heavy atom. The van der Waals surface area contributed by atoms with Gasteiger partial charge in [-0.05, 0) is 27.2 Å². The summed E-state index contributed by atoms with van der Waals surface area (Å²) in [5.74, 6) is 1.26. The summed E-state index contributed by atoms with van der Waals surface area (Å²) in [7, 11) is 0. The molecule has 0 aliphatic rings. The van der Waals surface area contributed by atoms with Gasteiger partial charge in [0.2, 0.25) is 11.8 Å². The van der Waals surface area contributed by atoms with Crippen LogP contribution in [-0.2, 0) is 0 Å². The lowest BCUT2D eigenvalue weighted by molar-refractivity contribution is 0.305. The summed E-state index contributed by atoms with van der Waals surface area (Å²) in [6.45, 7) is 9.56. The fraction of sp³-hybridized carbons (Fsp3) is 0.538. The lowest BCUT2D eigenvalue weighted by atomic mass is 10.3. The van der Waals surface area contributed by atoms with Gasteiger partial charge in [-0.3, -0.25) is 0 Å². The summed E-state index contributed by atoms with van der Waals surface area (Å²) < 4.78 is 5.50. The Balaban J connectivity index is 2.65. The molecule has 94 valence electrons. The Morgan fingerprint density at radius 2 is 2.18 bits per heavy atom. The lowest BCUT2D eigenvalue weighted by Gasteiger charge is -2.07. The van der Waals surface area contributed by atoms with E-state index in [0.29, 0.717) is 18.4 Å². The van der Waals surface area contributed by atoms with Crippen LogP contribution in [0.2, 0.25) is 0 Å². The van der Waals surface area contributed by atoms with Crippen LogP contribution in [0.1, 0.15) is 32.9 Å². The first-order valence-corrected chi connectivity index (χ1v) is 5.97. The predicted octanol–water partition coefficient (Wildman–Crippen LogP) is 2.95. The summed E-state index contributed by atoms with van der Waals surface area (Å²) in [5, 5.41) is 3.16. The molecule has 1 aromatic rings. The number of nitrogens with one attached hydrogen (secondary N) is 1. The van der Waals surface area contributed by atoms with Crippen molar-refractivity contribution in [3.63, 3.8) is 0 Å². The number of allylic oxidation sites excluding steroid dienone is 1. The molecular weight excluding hydrogens is 214 g/mol. The molecule has 0 saturated heterocycles. The van der Waals surface area contributed by atoms with E-state index in [4.69, 9.17) is 4.74 Å². The van der Waals surface area contributed by atoms with Crippen LogP contribution in [0.5, 0.6) is 5.88 Å². The summed E-state index contributed by atoms with van der Waals surface area (Å²) in [5.41, 5.74) is 2.18. The number of hydrogen-bond acceptors (Lipinski definition) is 4. The van der Waals surface area contributed by atoms with Crippen LogP contribution in [-0.4, -0.2) is 23.1 Å². The maximum absolute atomic E-state index is 5.50. The molecule has 1 heterocycles. The van der Waals surface area contributed by atoms with E-state index in [-0.39, 0.29) is 0 Å². The standard InChI is InChI=1S/C13H21N3O/c1-5-8-17-12-9-11(4)15-13(16-12)14-7-6-10(2)3/h6,9H,5,7-8H2,1-4H3,(H,14,15,16). The average Bonchev–Trinajstić information content (AvgIpc) is 2.25. The lowest BCUT2D eigenvalue weighted by Crippen LogP contribution is -2.06. The van der Waals surface area contributed by atoms with Crippen molar-refractivity contribution in [2.45, 2.75) is 34.1 Å². The van der Waals surface area contributed by atoms with Crippen molar-refractivity contribution in [1.82, 2.24) is 9.97 Å². The first kappa shape index (κ1) is 13.5. The zero-order valence-corrected chi connectivity index (χ0v) is 11.1. The molecule has 4 nitrogen and oxygen atoms in total. The largest absolute Gasteiger partial charge is 0.478 e. The third-order valence-electron chi connectivity index (χ3n) is 2.06. The van der Waals surface area contributed by atoms with Crippen LogP contribution in [0.25, 0.3) is 0 Å². The molecule has 17 heavy (non-hydrogen) atoms. The first-order valence-electron chi connectivity index (χ1n) is 5.97. The van der Waals surface area contributed by atoms with Gasteiger partial charge in [0.1, 0.15) is 0 Å². The van der Waals surface area contributed by atoms with E-state index in [1.807, 2.05) is 13.0 Å². The molecule has 0 unspecified atom stereocenters. The second-order valence-electron chi connectivity index (χ2n) is 4.18. The second-order valence-corrected chi connectivity index (χ2v) is 4.18. The molecular formula is C13H21N3O. The van der Waals surface area contributed by atoms with Crippen LogP contribution in [0, 0.1) is 6.92 Å². The van der Waals surface area contributed by atoms with Gasteiger partial charge < -0.3 is 10.1 Å². The SMILES string of the molecule is CCCOc1cc(C)nc(NCC=C(C)C)n1. The topological polar surface area (TPSA) is 47.0 Å². The Bertz CT molecular complexity index is 384. The van der Waals surface area contributed by atoms with Crippen LogP contribution in [0.15, 0.2) is 17.7 Å².